The quantitative estimate of drug-likeness (QED) is 0.802. The third-order valence-electron chi connectivity index (χ3n) is 5.22. The summed E-state index contributed by atoms with van der Waals surface area (Å²) in [5.74, 6) is -0.201. The van der Waals surface area contributed by atoms with E-state index in [1.807, 2.05) is 0 Å². The van der Waals surface area contributed by atoms with E-state index in [4.69, 9.17) is 4.74 Å². The second-order valence-electron chi connectivity index (χ2n) is 6.95. The summed E-state index contributed by atoms with van der Waals surface area (Å²) >= 11 is 0. The van der Waals surface area contributed by atoms with E-state index in [1.165, 1.54) is 10.4 Å². The Labute approximate surface area is 157 Å². The third-order valence-corrected chi connectivity index (χ3v) is 7.15. The first-order valence-electron chi connectivity index (χ1n) is 9.16. The Morgan fingerprint density at radius 1 is 1.22 bits per heavy atom. The lowest BCUT2D eigenvalue weighted by atomic mass is 9.97. The fourth-order valence-corrected chi connectivity index (χ4v) is 5.26. The van der Waals surface area contributed by atoms with Crippen molar-refractivity contribution in [3.63, 3.8) is 0 Å². The number of amides is 1. The minimum absolute atomic E-state index is 0.0228. The van der Waals surface area contributed by atoms with E-state index in [1.54, 1.807) is 12.1 Å². The normalized spacial score (nSPS) is 22.3. The van der Waals surface area contributed by atoms with Gasteiger partial charge >= 0.3 is 0 Å². The van der Waals surface area contributed by atoms with E-state index in [0.717, 1.165) is 19.4 Å². The van der Waals surface area contributed by atoms with Crippen molar-refractivity contribution in [3.8, 4) is 0 Å². The summed E-state index contributed by atoms with van der Waals surface area (Å²) in [6.45, 7) is 1.87. The lowest BCUT2D eigenvalue weighted by Gasteiger charge is -2.30. The second-order valence-corrected chi connectivity index (χ2v) is 8.85. The molecule has 1 N–H and O–H groups in total. The van der Waals surface area contributed by atoms with E-state index in [-0.39, 0.29) is 28.3 Å². The van der Waals surface area contributed by atoms with Crippen LogP contribution in [0.15, 0.2) is 27.7 Å². The van der Waals surface area contributed by atoms with Crippen molar-refractivity contribution in [2.75, 3.05) is 26.2 Å². The maximum absolute atomic E-state index is 13.0. The van der Waals surface area contributed by atoms with Gasteiger partial charge in [0.15, 0.2) is 5.52 Å². The molecule has 1 aromatic carbocycles. The van der Waals surface area contributed by atoms with Gasteiger partial charge in [0.1, 0.15) is 10.4 Å². The lowest BCUT2D eigenvalue weighted by Crippen LogP contribution is -2.44. The number of hydrogen-bond donors (Lipinski definition) is 1. The molecular weight excluding hydrogens is 372 g/mol. The zero-order valence-electron chi connectivity index (χ0n) is 14.8. The first kappa shape index (κ1) is 18.3. The van der Waals surface area contributed by atoms with Crippen LogP contribution >= 0.6 is 0 Å². The monoisotopic (exact) mass is 394 g/mol. The van der Waals surface area contributed by atoms with Crippen molar-refractivity contribution in [3.05, 3.63) is 18.2 Å². The van der Waals surface area contributed by atoms with Crippen LogP contribution in [0.2, 0.25) is 0 Å². The zero-order chi connectivity index (χ0) is 18.9. The van der Waals surface area contributed by atoms with Crippen molar-refractivity contribution in [2.24, 2.45) is 5.92 Å². The molecule has 9 nitrogen and oxygen atoms in total. The van der Waals surface area contributed by atoms with Crippen LogP contribution in [0.25, 0.3) is 11.0 Å². The van der Waals surface area contributed by atoms with Crippen LogP contribution in [-0.2, 0) is 19.6 Å². The number of fused-ring (bicyclic) bond motifs is 1. The Hall–Kier alpha value is -2.04. The van der Waals surface area contributed by atoms with Gasteiger partial charge in [0.05, 0.1) is 6.10 Å². The Balaban J connectivity index is 1.38. The number of piperidine rings is 1. The van der Waals surface area contributed by atoms with Crippen LogP contribution in [0.1, 0.15) is 25.7 Å². The van der Waals surface area contributed by atoms with Gasteiger partial charge < -0.3 is 10.1 Å². The predicted octanol–water partition coefficient (Wildman–Crippen LogP) is 0.919. The van der Waals surface area contributed by atoms with Gasteiger partial charge in [-0.2, -0.15) is 4.31 Å². The van der Waals surface area contributed by atoms with Gasteiger partial charge in [-0.15, -0.1) is 0 Å². The average molecular weight is 394 g/mol. The number of sulfonamides is 1. The molecule has 2 aliphatic heterocycles. The fourth-order valence-electron chi connectivity index (χ4n) is 3.65. The number of nitrogens with zero attached hydrogens (tertiary/aromatic N) is 3. The molecule has 2 aromatic rings. The summed E-state index contributed by atoms with van der Waals surface area (Å²) in [5.41, 5.74) is 0.633. The standard InChI is InChI=1S/C17H22N4O5S/c22-17(18-11-13-3-2-10-25-13)12-6-8-21(9-7-12)27(23,24)15-5-1-4-14-16(15)20-26-19-14/h1,4-5,12-13H,2-3,6-11H2,(H,18,22)/t13-/m1/s1. The summed E-state index contributed by atoms with van der Waals surface area (Å²) < 4.78 is 37.5. The number of aromatic nitrogens is 2. The summed E-state index contributed by atoms with van der Waals surface area (Å²) in [6.07, 6.45) is 3.09. The molecule has 2 saturated heterocycles. The molecule has 1 atom stereocenters. The van der Waals surface area contributed by atoms with Crippen molar-refractivity contribution in [1.29, 1.82) is 0 Å². The number of ether oxygens (including phenoxy) is 1. The maximum atomic E-state index is 13.0. The molecule has 0 unspecified atom stereocenters. The van der Waals surface area contributed by atoms with Crippen molar-refractivity contribution in [1.82, 2.24) is 19.9 Å². The molecule has 2 fully saturated rings. The van der Waals surface area contributed by atoms with Crippen LogP contribution in [0.5, 0.6) is 0 Å². The molecule has 27 heavy (non-hydrogen) atoms. The molecule has 1 amide bonds. The molecule has 0 radical (unpaired) electrons. The van der Waals surface area contributed by atoms with Crippen LogP contribution < -0.4 is 5.32 Å². The first-order chi connectivity index (χ1) is 13.1. The predicted molar refractivity (Wildman–Crippen MR) is 95.3 cm³/mol. The van der Waals surface area contributed by atoms with E-state index < -0.39 is 10.0 Å². The molecule has 3 heterocycles. The third kappa shape index (κ3) is 3.69. The summed E-state index contributed by atoms with van der Waals surface area (Å²) in [6, 6.07) is 4.77. The second kappa shape index (κ2) is 7.53. The molecule has 0 bridgehead atoms. The number of carbonyl (C=O) groups is 1. The van der Waals surface area contributed by atoms with Gasteiger partial charge in [0, 0.05) is 32.2 Å². The van der Waals surface area contributed by atoms with Crippen molar-refractivity contribution in [2.45, 2.75) is 36.7 Å². The summed E-state index contributed by atoms with van der Waals surface area (Å²) in [7, 11) is -3.71. The number of nitrogens with one attached hydrogen (secondary N) is 1. The van der Waals surface area contributed by atoms with Gasteiger partial charge in [-0.05, 0) is 48.1 Å². The largest absolute Gasteiger partial charge is 0.376 e. The molecule has 1 aromatic heterocycles. The number of carbonyl (C=O) groups excluding carboxylic acids is 1. The Morgan fingerprint density at radius 3 is 2.78 bits per heavy atom. The molecule has 0 saturated carbocycles. The topological polar surface area (TPSA) is 115 Å². The lowest BCUT2D eigenvalue weighted by molar-refractivity contribution is -0.126. The van der Waals surface area contributed by atoms with E-state index in [9.17, 15) is 13.2 Å². The highest BCUT2D eigenvalue weighted by Gasteiger charge is 2.34. The summed E-state index contributed by atoms with van der Waals surface area (Å²) in [5, 5.41) is 10.3. The Bertz CT molecular complexity index is 914. The van der Waals surface area contributed by atoms with Gasteiger partial charge in [-0.25, -0.2) is 13.0 Å². The molecule has 10 heteroatoms. The average Bonchev–Trinajstić information content (AvgIpc) is 3.37. The maximum Gasteiger partial charge on any atom is 0.245 e. The molecule has 0 aliphatic carbocycles. The van der Waals surface area contributed by atoms with Gasteiger partial charge in [-0.1, -0.05) is 6.07 Å². The highest BCUT2D eigenvalue weighted by Crippen LogP contribution is 2.27. The minimum atomic E-state index is -3.71. The molecule has 0 spiro atoms. The van der Waals surface area contributed by atoms with Crippen LogP contribution in [0.4, 0.5) is 0 Å². The molecule has 4 rings (SSSR count). The van der Waals surface area contributed by atoms with Crippen molar-refractivity contribution >= 4 is 27.0 Å². The van der Waals surface area contributed by atoms with Crippen molar-refractivity contribution < 1.29 is 22.6 Å². The van der Waals surface area contributed by atoms with Crippen LogP contribution in [0.3, 0.4) is 0 Å². The highest BCUT2D eigenvalue weighted by molar-refractivity contribution is 7.89. The SMILES string of the molecule is O=C(NC[C@H]1CCCO1)C1CCN(S(=O)(=O)c2cccc3nonc23)CC1. The number of hydrogen-bond acceptors (Lipinski definition) is 7. The van der Waals surface area contributed by atoms with E-state index in [2.05, 4.69) is 20.3 Å². The van der Waals surface area contributed by atoms with Gasteiger partial charge in [0.25, 0.3) is 0 Å². The highest BCUT2D eigenvalue weighted by atomic mass is 32.2. The number of rotatable bonds is 5. The minimum Gasteiger partial charge on any atom is -0.376 e. The smallest absolute Gasteiger partial charge is 0.245 e. The fraction of sp³-hybridized carbons (Fsp3) is 0.588. The Morgan fingerprint density at radius 2 is 2.04 bits per heavy atom. The molecular formula is C17H22N4O5S. The molecule has 146 valence electrons. The number of benzene rings is 1. The first-order valence-corrected chi connectivity index (χ1v) is 10.6. The molecule has 2 aliphatic rings. The van der Waals surface area contributed by atoms with Crippen LogP contribution in [0, 0.1) is 5.92 Å². The Kier molecular flexibility index (Phi) is 5.11. The van der Waals surface area contributed by atoms with E-state index in [0.29, 0.717) is 38.0 Å². The van der Waals surface area contributed by atoms with Gasteiger partial charge in [-0.3, -0.25) is 4.79 Å². The van der Waals surface area contributed by atoms with E-state index >= 15 is 0 Å². The zero-order valence-corrected chi connectivity index (χ0v) is 15.7. The summed E-state index contributed by atoms with van der Waals surface area (Å²) in [4.78, 5) is 12.4. The van der Waals surface area contributed by atoms with Crippen LogP contribution in [-0.4, -0.2) is 61.3 Å². The van der Waals surface area contributed by atoms with Gasteiger partial charge in [0.2, 0.25) is 15.9 Å².